The average molecular weight is 515 g/mol. The van der Waals surface area contributed by atoms with Crippen LogP contribution in [-0.4, -0.2) is 26.4 Å². The number of anilines is 1. The lowest BCUT2D eigenvalue weighted by molar-refractivity contribution is -0.116. The van der Waals surface area contributed by atoms with Crippen LogP contribution in [0.2, 0.25) is 10.0 Å². The number of rotatable bonds is 9. The molecule has 4 aromatic rings. The van der Waals surface area contributed by atoms with E-state index < -0.39 is 5.82 Å². The van der Waals surface area contributed by atoms with Gasteiger partial charge in [-0.05, 0) is 42.3 Å². The summed E-state index contributed by atoms with van der Waals surface area (Å²) in [7, 11) is 0. The summed E-state index contributed by atoms with van der Waals surface area (Å²) in [6.45, 7) is 0. The number of carbonyl (C=O) groups excluding carboxylic acids is 1. The zero-order chi connectivity index (χ0) is 23.9. The minimum atomic E-state index is -0.453. The Bertz CT molecular complexity index is 1280. The molecule has 5 nitrogen and oxygen atoms in total. The molecule has 1 heterocycles. The molecule has 0 aliphatic rings. The molecule has 0 fully saturated rings. The minimum Gasteiger partial charge on any atom is -0.324 e. The Kier molecular flexibility index (Phi) is 8.21. The molecule has 0 spiro atoms. The minimum absolute atomic E-state index is 0.185. The van der Waals surface area contributed by atoms with Gasteiger partial charge in [-0.2, -0.15) is 0 Å². The van der Waals surface area contributed by atoms with Crippen LogP contribution in [-0.2, 0) is 11.2 Å². The molecule has 4 rings (SSSR count). The van der Waals surface area contributed by atoms with Gasteiger partial charge in [0.05, 0.1) is 21.4 Å². The molecule has 1 amide bonds. The van der Waals surface area contributed by atoms with Crippen molar-refractivity contribution in [2.75, 3.05) is 11.1 Å². The van der Waals surface area contributed by atoms with Gasteiger partial charge in [0.1, 0.15) is 11.6 Å². The zero-order valence-corrected chi connectivity index (χ0v) is 20.4. The maximum atomic E-state index is 13.7. The van der Waals surface area contributed by atoms with E-state index in [9.17, 15) is 9.18 Å². The summed E-state index contributed by atoms with van der Waals surface area (Å²) in [5.41, 5.74) is 2.10. The Morgan fingerprint density at radius 3 is 2.50 bits per heavy atom. The molecule has 0 atom stereocenters. The lowest BCUT2D eigenvalue weighted by Gasteiger charge is -2.11. The van der Waals surface area contributed by atoms with Gasteiger partial charge in [0, 0.05) is 18.6 Å². The number of nitrogens with one attached hydrogen (secondary N) is 1. The van der Waals surface area contributed by atoms with Gasteiger partial charge < -0.3 is 5.32 Å². The molecule has 9 heteroatoms. The maximum absolute atomic E-state index is 13.7. The molecule has 3 aromatic carbocycles. The van der Waals surface area contributed by atoms with E-state index in [-0.39, 0.29) is 18.0 Å². The molecule has 0 saturated carbocycles. The summed E-state index contributed by atoms with van der Waals surface area (Å²) < 4.78 is 15.7. The fourth-order valence-electron chi connectivity index (χ4n) is 3.34. The second-order valence-electron chi connectivity index (χ2n) is 7.48. The molecule has 0 bridgehead atoms. The van der Waals surface area contributed by atoms with Gasteiger partial charge in [0.25, 0.3) is 0 Å². The number of nitrogens with zero attached hydrogens (tertiary/aromatic N) is 3. The van der Waals surface area contributed by atoms with Gasteiger partial charge in [0.15, 0.2) is 5.16 Å². The third-order valence-electron chi connectivity index (χ3n) is 4.99. The van der Waals surface area contributed by atoms with Crippen LogP contribution in [0.5, 0.6) is 0 Å². The maximum Gasteiger partial charge on any atom is 0.224 e. The number of para-hydroxylation sites is 1. The fraction of sp³-hybridized carbons (Fsp3) is 0.160. The molecule has 174 valence electrons. The molecule has 0 saturated heterocycles. The Hall–Kier alpha value is -2.87. The van der Waals surface area contributed by atoms with Crippen molar-refractivity contribution in [2.45, 2.75) is 24.4 Å². The lowest BCUT2D eigenvalue weighted by Crippen LogP contribution is -2.12. The van der Waals surface area contributed by atoms with E-state index in [1.54, 1.807) is 24.3 Å². The quantitative estimate of drug-likeness (QED) is 0.196. The van der Waals surface area contributed by atoms with E-state index in [2.05, 4.69) is 15.5 Å². The number of aromatic nitrogens is 3. The summed E-state index contributed by atoms with van der Waals surface area (Å²) in [4.78, 5) is 12.2. The molecule has 0 aliphatic carbocycles. The number of hydrogen-bond donors (Lipinski definition) is 1. The van der Waals surface area contributed by atoms with Crippen LogP contribution in [0.3, 0.4) is 0 Å². The second-order valence-corrected chi connectivity index (χ2v) is 9.35. The predicted molar refractivity (Wildman–Crippen MR) is 136 cm³/mol. The second kappa shape index (κ2) is 11.5. The van der Waals surface area contributed by atoms with E-state index in [0.717, 1.165) is 17.1 Å². The van der Waals surface area contributed by atoms with Crippen molar-refractivity contribution in [1.82, 2.24) is 14.8 Å². The van der Waals surface area contributed by atoms with Crippen molar-refractivity contribution >= 4 is 46.6 Å². The van der Waals surface area contributed by atoms with Crippen molar-refractivity contribution in [2.24, 2.45) is 0 Å². The van der Waals surface area contributed by atoms with Gasteiger partial charge in [-0.15, -0.1) is 10.2 Å². The van der Waals surface area contributed by atoms with Crippen molar-refractivity contribution in [1.29, 1.82) is 0 Å². The standard InChI is InChI=1S/C25H21Cl2FN4OS/c26-19-13-12-18(16-20(19)27)32-23(15-17-7-2-1-3-8-17)30-31-25(32)34-14-6-11-24(33)29-22-10-5-4-9-21(22)28/h1-5,7-10,12-13,16H,6,11,14-15H2,(H,29,33). The molecule has 0 radical (unpaired) electrons. The molecule has 0 aliphatic heterocycles. The van der Waals surface area contributed by atoms with Crippen LogP contribution in [0.15, 0.2) is 78.0 Å². The molecule has 1 N–H and O–H groups in total. The first kappa shape index (κ1) is 24.3. The summed E-state index contributed by atoms with van der Waals surface area (Å²) in [5.74, 6) is 0.715. The van der Waals surface area contributed by atoms with Crippen molar-refractivity contribution in [3.8, 4) is 5.69 Å². The van der Waals surface area contributed by atoms with Gasteiger partial charge in [-0.3, -0.25) is 9.36 Å². The summed E-state index contributed by atoms with van der Waals surface area (Å²) in [6, 6.07) is 21.5. The summed E-state index contributed by atoms with van der Waals surface area (Å²) >= 11 is 13.9. The SMILES string of the molecule is O=C(CCCSc1nnc(Cc2ccccc2)n1-c1ccc(Cl)c(Cl)c1)Nc1ccccc1F. The highest BCUT2D eigenvalue weighted by Crippen LogP contribution is 2.29. The van der Waals surface area contributed by atoms with Crippen LogP contribution in [0, 0.1) is 5.82 Å². The first-order valence-electron chi connectivity index (χ1n) is 10.6. The Morgan fingerprint density at radius 1 is 0.971 bits per heavy atom. The normalized spacial score (nSPS) is 10.9. The van der Waals surface area contributed by atoms with Crippen LogP contribution >= 0.6 is 35.0 Å². The van der Waals surface area contributed by atoms with Gasteiger partial charge in [-0.25, -0.2) is 4.39 Å². The van der Waals surface area contributed by atoms with E-state index in [1.165, 1.54) is 23.9 Å². The Labute approximate surface area is 211 Å². The van der Waals surface area contributed by atoms with E-state index in [4.69, 9.17) is 23.2 Å². The highest BCUT2D eigenvalue weighted by molar-refractivity contribution is 7.99. The predicted octanol–water partition coefficient (Wildman–Crippen LogP) is 6.82. The summed E-state index contributed by atoms with van der Waals surface area (Å²) in [5, 5.41) is 13.0. The number of benzene rings is 3. The average Bonchev–Trinajstić information content (AvgIpc) is 3.23. The number of hydrogen-bond acceptors (Lipinski definition) is 4. The molecule has 1 aromatic heterocycles. The number of thioether (sulfide) groups is 1. The largest absolute Gasteiger partial charge is 0.324 e. The number of halogens is 3. The monoisotopic (exact) mass is 514 g/mol. The Morgan fingerprint density at radius 2 is 1.74 bits per heavy atom. The van der Waals surface area contributed by atoms with Gasteiger partial charge >= 0.3 is 0 Å². The van der Waals surface area contributed by atoms with Crippen LogP contribution in [0.25, 0.3) is 5.69 Å². The zero-order valence-electron chi connectivity index (χ0n) is 18.0. The van der Waals surface area contributed by atoms with Crippen LogP contribution < -0.4 is 5.32 Å². The topological polar surface area (TPSA) is 59.8 Å². The first-order valence-corrected chi connectivity index (χ1v) is 12.4. The Balaban J connectivity index is 1.45. The van der Waals surface area contributed by atoms with Crippen LogP contribution in [0.4, 0.5) is 10.1 Å². The third kappa shape index (κ3) is 6.17. The number of carbonyl (C=O) groups is 1. The van der Waals surface area contributed by atoms with E-state index in [1.807, 2.05) is 41.0 Å². The molecule has 34 heavy (non-hydrogen) atoms. The highest BCUT2D eigenvalue weighted by Gasteiger charge is 2.16. The molecular formula is C25H21Cl2FN4OS. The number of amides is 1. The third-order valence-corrected chi connectivity index (χ3v) is 6.75. The smallest absolute Gasteiger partial charge is 0.224 e. The van der Waals surface area contributed by atoms with Crippen molar-refractivity contribution in [3.63, 3.8) is 0 Å². The van der Waals surface area contributed by atoms with Gasteiger partial charge in [0.2, 0.25) is 5.91 Å². The molecular weight excluding hydrogens is 494 g/mol. The fourth-order valence-corrected chi connectivity index (χ4v) is 4.54. The van der Waals surface area contributed by atoms with E-state index >= 15 is 0 Å². The highest BCUT2D eigenvalue weighted by atomic mass is 35.5. The lowest BCUT2D eigenvalue weighted by atomic mass is 10.1. The van der Waals surface area contributed by atoms with Crippen molar-refractivity contribution < 1.29 is 9.18 Å². The van der Waals surface area contributed by atoms with E-state index in [0.29, 0.717) is 33.8 Å². The first-order chi connectivity index (χ1) is 16.5. The molecule has 0 unspecified atom stereocenters. The summed E-state index contributed by atoms with van der Waals surface area (Å²) in [6.07, 6.45) is 1.45. The van der Waals surface area contributed by atoms with Crippen molar-refractivity contribution in [3.05, 3.63) is 100 Å². The van der Waals surface area contributed by atoms with Gasteiger partial charge in [-0.1, -0.05) is 77.4 Å². The van der Waals surface area contributed by atoms with Crippen LogP contribution in [0.1, 0.15) is 24.2 Å².